The highest BCUT2D eigenvalue weighted by atomic mass is 32.1. The minimum absolute atomic E-state index is 0.0217. The van der Waals surface area contributed by atoms with Crippen molar-refractivity contribution >= 4 is 17.2 Å². The second kappa shape index (κ2) is 4.97. The summed E-state index contributed by atoms with van der Waals surface area (Å²) in [6.07, 6.45) is 4.03. The number of hydrogen-bond acceptors (Lipinski definition) is 3. The van der Waals surface area contributed by atoms with Gasteiger partial charge in [-0.25, -0.2) is 0 Å². The molecule has 0 bridgehead atoms. The molecule has 88 valence electrons. The second-order valence-corrected chi connectivity index (χ2v) is 5.27. The zero-order chi connectivity index (χ0) is 11.5. The summed E-state index contributed by atoms with van der Waals surface area (Å²) in [6, 6.07) is 1.94. The van der Waals surface area contributed by atoms with Crippen molar-refractivity contribution in [2.24, 2.45) is 5.73 Å². The number of hydrogen-bond donors (Lipinski definition) is 2. The molecule has 0 radical (unpaired) electrons. The van der Waals surface area contributed by atoms with Crippen LogP contribution < -0.4 is 11.1 Å². The van der Waals surface area contributed by atoms with Crippen molar-refractivity contribution in [3.05, 3.63) is 21.9 Å². The number of nitrogens with two attached hydrogens (primary N) is 1. The van der Waals surface area contributed by atoms with E-state index < -0.39 is 0 Å². The summed E-state index contributed by atoms with van der Waals surface area (Å²) >= 11 is 1.79. The maximum Gasteiger partial charge on any atom is 0.237 e. The van der Waals surface area contributed by atoms with Crippen LogP contribution in [0.2, 0.25) is 0 Å². The quantitative estimate of drug-likeness (QED) is 0.846. The Labute approximate surface area is 100 Å². The van der Waals surface area contributed by atoms with Gasteiger partial charge < -0.3 is 11.1 Å². The normalized spacial score (nSPS) is 21.2. The van der Waals surface area contributed by atoms with Crippen molar-refractivity contribution in [1.29, 1.82) is 0 Å². The molecule has 0 saturated heterocycles. The summed E-state index contributed by atoms with van der Waals surface area (Å²) in [5, 5.41) is 5.16. The smallest absolute Gasteiger partial charge is 0.237 e. The summed E-state index contributed by atoms with van der Waals surface area (Å²) in [6.45, 7) is 1.93. The highest BCUT2D eigenvalue weighted by molar-refractivity contribution is 7.10. The van der Waals surface area contributed by atoms with Crippen LogP contribution in [0, 0.1) is 0 Å². The van der Waals surface area contributed by atoms with E-state index >= 15 is 0 Å². The molecule has 1 amide bonds. The Morgan fingerprint density at radius 3 is 3.31 bits per heavy atom. The summed E-state index contributed by atoms with van der Waals surface area (Å²) in [5.74, 6) is -0.0217. The Hall–Kier alpha value is -0.870. The highest BCUT2D eigenvalue weighted by Crippen LogP contribution is 2.33. The summed E-state index contributed by atoms with van der Waals surface area (Å²) in [5.41, 5.74) is 7.02. The van der Waals surface area contributed by atoms with Gasteiger partial charge in [-0.1, -0.05) is 6.92 Å². The lowest BCUT2D eigenvalue weighted by Crippen LogP contribution is -2.42. The van der Waals surface area contributed by atoms with E-state index in [0.29, 0.717) is 6.42 Å². The fourth-order valence-electron chi connectivity index (χ4n) is 2.10. The molecule has 3 N–H and O–H groups in total. The average molecular weight is 238 g/mol. The van der Waals surface area contributed by atoms with Crippen LogP contribution in [0.3, 0.4) is 0 Å². The molecule has 0 spiro atoms. The van der Waals surface area contributed by atoms with Crippen molar-refractivity contribution < 1.29 is 4.79 Å². The predicted molar refractivity (Wildman–Crippen MR) is 66.4 cm³/mol. The Bertz CT molecular complexity index is 375. The van der Waals surface area contributed by atoms with Crippen molar-refractivity contribution in [2.75, 3.05) is 0 Å². The van der Waals surface area contributed by atoms with Crippen LogP contribution in [0.5, 0.6) is 0 Å². The van der Waals surface area contributed by atoms with E-state index in [-0.39, 0.29) is 18.0 Å². The molecule has 1 heterocycles. The van der Waals surface area contributed by atoms with Gasteiger partial charge in [-0.3, -0.25) is 4.79 Å². The van der Waals surface area contributed by atoms with Crippen molar-refractivity contribution in [3.63, 3.8) is 0 Å². The first-order valence-electron chi connectivity index (χ1n) is 5.84. The van der Waals surface area contributed by atoms with Crippen molar-refractivity contribution in [3.8, 4) is 0 Å². The van der Waals surface area contributed by atoms with Crippen molar-refractivity contribution in [1.82, 2.24) is 5.32 Å². The van der Waals surface area contributed by atoms with Gasteiger partial charge in [-0.15, -0.1) is 11.3 Å². The number of nitrogens with one attached hydrogen (secondary N) is 1. The number of thiophene rings is 1. The molecule has 1 aromatic rings. The molecule has 2 rings (SSSR count). The molecular weight excluding hydrogens is 220 g/mol. The highest BCUT2D eigenvalue weighted by Gasteiger charge is 2.24. The summed E-state index contributed by atoms with van der Waals surface area (Å²) in [4.78, 5) is 13.2. The monoisotopic (exact) mass is 238 g/mol. The molecule has 1 aliphatic carbocycles. The number of rotatable bonds is 3. The Balaban J connectivity index is 2.05. The SMILES string of the molecule is CC[C@H](N)C(=O)NC1CCCc2sccc21. The molecule has 0 aliphatic heterocycles. The van der Waals surface area contributed by atoms with Gasteiger partial charge in [0.2, 0.25) is 5.91 Å². The van der Waals surface area contributed by atoms with Gasteiger partial charge in [0.1, 0.15) is 0 Å². The molecule has 16 heavy (non-hydrogen) atoms. The van der Waals surface area contributed by atoms with Crippen LogP contribution in [0.1, 0.15) is 42.7 Å². The van der Waals surface area contributed by atoms with Gasteiger partial charge in [0.25, 0.3) is 0 Å². The number of carbonyl (C=O) groups is 1. The van der Waals surface area contributed by atoms with Crippen LogP contribution >= 0.6 is 11.3 Å². The van der Waals surface area contributed by atoms with E-state index in [4.69, 9.17) is 5.73 Å². The van der Waals surface area contributed by atoms with Crippen molar-refractivity contribution in [2.45, 2.75) is 44.7 Å². The predicted octanol–water partition coefficient (Wildman–Crippen LogP) is 1.98. The van der Waals surface area contributed by atoms with Gasteiger partial charge >= 0.3 is 0 Å². The van der Waals surface area contributed by atoms with Gasteiger partial charge in [0.05, 0.1) is 12.1 Å². The summed E-state index contributed by atoms with van der Waals surface area (Å²) in [7, 11) is 0. The molecule has 0 aromatic carbocycles. The molecule has 1 aliphatic rings. The van der Waals surface area contributed by atoms with Crippen LogP contribution in [-0.2, 0) is 11.2 Å². The molecule has 4 heteroatoms. The number of amides is 1. The molecule has 2 atom stereocenters. The maximum atomic E-state index is 11.7. The van der Waals surface area contributed by atoms with E-state index in [1.165, 1.54) is 10.4 Å². The van der Waals surface area contributed by atoms with Gasteiger partial charge in [0.15, 0.2) is 0 Å². The molecule has 0 saturated carbocycles. The maximum absolute atomic E-state index is 11.7. The van der Waals surface area contributed by atoms with Crippen LogP contribution in [-0.4, -0.2) is 11.9 Å². The average Bonchev–Trinajstić information content (AvgIpc) is 2.77. The minimum Gasteiger partial charge on any atom is -0.348 e. The largest absolute Gasteiger partial charge is 0.348 e. The number of carbonyl (C=O) groups excluding carboxylic acids is 1. The van der Waals surface area contributed by atoms with E-state index in [1.807, 2.05) is 6.92 Å². The molecular formula is C12H18N2OS. The van der Waals surface area contributed by atoms with E-state index in [2.05, 4.69) is 16.8 Å². The third-order valence-electron chi connectivity index (χ3n) is 3.15. The fraction of sp³-hybridized carbons (Fsp3) is 0.583. The lowest BCUT2D eigenvalue weighted by Gasteiger charge is -2.24. The standard InChI is InChI=1S/C12H18N2OS/c1-2-9(13)12(15)14-10-4-3-5-11-8(10)6-7-16-11/h6-7,9-10H,2-5,13H2,1H3,(H,14,15)/t9-,10?/m0/s1. The third kappa shape index (κ3) is 2.28. The molecule has 3 nitrogen and oxygen atoms in total. The second-order valence-electron chi connectivity index (χ2n) is 4.27. The van der Waals surface area contributed by atoms with Crippen LogP contribution in [0.25, 0.3) is 0 Å². The topological polar surface area (TPSA) is 55.1 Å². The zero-order valence-electron chi connectivity index (χ0n) is 9.53. The van der Waals surface area contributed by atoms with E-state index in [0.717, 1.165) is 19.3 Å². The van der Waals surface area contributed by atoms with E-state index in [1.54, 1.807) is 11.3 Å². The Kier molecular flexibility index (Phi) is 3.61. The lowest BCUT2D eigenvalue weighted by atomic mass is 9.94. The van der Waals surface area contributed by atoms with Gasteiger partial charge in [0, 0.05) is 4.88 Å². The first-order chi connectivity index (χ1) is 7.72. The Morgan fingerprint density at radius 1 is 1.75 bits per heavy atom. The zero-order valence-corrected chi connectivity index (χ0v) is 10.3. The van der Waals surface area contributed by atoms with Crippen LogP contribution in [0.15, 0.2) is 11.4 Å². The first kappa shape index (κ1) is 11.6. The van der Waals surface area contributed by atoms with Crippen LogP contribution in [0.4, 0.5) is 0 Å². The molecule has 0 fully saturated rings. The van der Waals surface area contributed by atoms with Gasteiger partial charge in [-0.2, -0.15) is 0 Å². The van der Waals surface area contributed by atoms with E-state index in [9.17, 15) is 4.79 Å². The fourth-order valence-corrected chi connectivity index (χ4v) is 3.09. The number of fused-ring (bicyclic) bond motifs is 1. The Morgan fingerprint density at radius 2 is 2.56 bits per heavy atom. The van der Waals surface area contributed by atoms with Gasteiger partial charge in [-0.05, 0) is 42.7 Å². The summed E-state index contributed by atoms with van der Waals surface area (Å²) < 4.78 is 0. The minimum atomic E-state index is -0.371. The lowest BCUT2D eigenvalue weighted by molar-refractivity contribution is -0.123. The first-order valence-corrected chi connectivity index (χ1v) is 6.72. The molecule has 1 unspecified atom stereocenters. The number of aryl methyl sites for hydroxylation is 1. The molecule has 1 aromatic heterocycles. The third-order valence-corrected chi connectivity index (χ3v) is 4.14.